The summed E-state index contributed by atoms with van der Waals surface area (Å²) in [5.41, 5.74) is 11.0. The first-order valence-corrected chi connectivity index (χ1v) is 22.1. The molecule has 0 radical (unpaired) electrons. The molecule has 0 atom stereocenters. The van der Waals surface area contributed by atoms with E-state index in [0.717, 1.165) is 33.5 Å². The molecule has 0 N–H and O–H groups in total. The van der Waals surface area contributed by atoms with E-state index < -0.39 is 0 Å². The van der Waals surface area contributed by atoms with Crippen LogP contribution in [0.2, 0.25) is 0 Å². The first kappa shape index (κ1) is 36.9. The minimum absolute atomic E-state index is 0.638. The Morgan fingerprint density at radius 2 is 0.785 bits per heavy atom. The first-order chi connectivity index (χ1) is 32.2. The van der Waals surface area contributed by atoms with Crippen LogP contribution >= 0.6 is 0 Å². The molecule has 0 aliphatic carbocycles. The van der Waals surface area contributed by atoms with E-state index in [4.69, 9.17) is 15.0 Å². The van der Waals surface area contributed by atoms with Gasteiger partial charge in [-0.1, -0.05) is 188 Å². The van der Waals surface area contributed by atoms with Crippen molar-refractivity contribution in [3.63, 3.8) is 0 Å². The van der Waals surface area contributed by atoms with Gasteiger partial charge in [-0.15, -0.1) is 0 Å². The Hall–Kier alpha value is -8.73. The summed E-state index contributed by atoms with van der Waals surface area (Å²) in [6, 6.07) is 82.6. The monoisotopic (exact) mass is 826 g/mol. The molecule has 0 fully saturated rings. The van der Waals surface area contributed by atoms with Gasteiger partial charge in [0.1, 0.15) is 0 Å². The van der Waals surface area contributed by atoms with Gasteiger partial charge < -0.3 is 4.57 Å². The minimum atomic E-state index is 0.638. The van der Waals surface area contributed by atoms with E-state index in [1.54, 1.807) is 0 Å². The number of nitrogens with zero attached hydrogens (tertiary/aromatic N) is 4. The molecule has 2 aromatic heterocycles. The normalized spacial score (nSPS) is 11.7. The Labute approximate surface area is 375 Å². The van der Waals surface area contributed by atoms with Gasteiger partial charge in [0.2, 0.25) is 0 Å². The fraction of sp³-hybridized carbons (Fsp3) is 0. The zero-order chi connectivity index (χ0) is 42.8. The van der Waals surface area contributed by atoms with Crippen LogP contribution in [0.4, 0.5) is 0 Å². The molecular formula is C61H38N4. The highest BCUT2D eigenvalue weighted by Gasteiger charge is 2.18. The second-order valence-electron chi connectivity index (χ2n) is 16.8. The van der Waals surface area contributed by atoms with Crippen molar-refractivity contribution in [3.05, 3.63) is 231 Å². The van der Waals surface area contributed by atoms with E-state index in [0.29, 0.717) is 17.5 Å². The van der Waals surface area contributed by atoms with Crippen molar-refractivity contribution >= 4 is 64.9 Å². The molecule has 0 aliphatic heterocycles. The summed E-state index contributed by atoms with van der Waals surface area (Å²) in [5, 5.41) is 12.4. The van der Waals surface area contributed by atoms with Gasteiger partial charge in [0.25, 0.3) is 0 Å². The van der Waals surface area contributed by atoms with Crippen molar-refractivity contribution in [1.29, 1.82) is 0 Å². The molecule has 0 spiro atoms. The summed E-state index contributed by atoms with van der Waals surface area (Å²) in [6.45, 7) is 0. The van der Waals surface area contributed by atoms with Crippen molar-refractivity contribution in [3.8, 4) is 62.1 Å². The molecule has 13 rings (SSSR count). The van der Waals surface area contributed by atoms with E-state index in [2.05, 4.69) is 174 Å². The molecule has 0 bridgehead atoms. The van der Waals surface area contributed by atoms with Gasteiger partial charge in [-0.2, -0.15) is 0 Å². The maximum Gasteiger partial charge on any atom is 0.164 e. The third-order valence-electron chi connectivity index (χ3n) is 13.0. The van der Waals surface area contributed by atoms with Crippen molar-refractivity contribution in [2.45, 2.75) is 0 Å². The Bertz CT molecular complexity index is 3940. The summed E-state index contributed by atoms with van der Waals surface area (Å²) in [4.78, 5) is 15.0. The standard InChI is InChI=1S/C61H38N4/c1-3-16-40(17-4-1)59-62-60(41-18-5-2-6-19-41)64-61(63-59)46-22-13-21-42(35-46)44-30-33-53-54(37-44)50-24-10-9-23-49(50)52-27-14-26-48(58(52)53)45-31-34-57-55(38-45)51-25-11-12-28-56(51)65(57)47-32-29-39-15-7-8-20-43(39)36-47/h1-38H. The molecule has 0 aliphatic rings. The van der Waals surface area contributed by atoms with E-state index >= 15 is 0 Å². The molecule has 302 valence electrons. The Balaban J connectivity index is 0.967. The lowest BCUT2D eigenvalue weighted by atomic mass is 9.88. The number of aromatic nitrogens is 4. The SMILES string of the molecule is c1ccc(-c2nc(-c3ccccc3)nc(-c3cccc(-c4ccc5c(c4)c4ccccc4c4cccc(-c6ccc7c(c6)c6ccccc6n7-c6ccc7ccccc7c6)c45)c3)n2)cc1. The molecule has 0 amide bonds. The number of hydrogen-bond acceptors (Lipinski definition) is 3. The van der Waals surface area contributed by atoms with Crippen LogP contribution in [0.5, 0.6) is 0 Å². The second-order valence-corrected chi connectivity index (χ2v) is 16.8. The lowest BCUT2D eigenvalue weighted by Crippen LogP contribution is -2.00. The molecule has 0 saturated heterocycles. The van der Waals surface area contributed by atoms with E-state index in [-0.39, 0.29) is 0 Å². The Morgan fingerprint density at radius 3 is 1.55 bits per heavy atom. The summed E-state index contributed by atoms with van der Waals surface area (Å²) >= 11 is 0. The van der Waals surface area contributed by atoms with Crippen LogP contribution in [0.1, 0.15) is 0 Å². The molecule has 0 saturated carbocycles. The summed E-state index contributed by atoms with van der Waals surface area (Å²) in [7, 11) is 0. The average molecular weight is 827 g/mol. The highest BCUT2D eigenvalue weighted by Crippen LogP contribution is 2.43. The summed E-state index contributed by atoms with van der Waals surface area (Å²) < 4.78 is 2.41. The number of para-hydroxylation sites is 1. The molecule has 4 nitrogen and oxygen atoms in total. The molecule has 13 aromatic rings. The summed E-state index contributed by atoms with van der Waals surface area (Å²) in [5.74, 6) is 1.93. The van der Waals surface area contributed by atoms with E-state index in [9.17, 15) is 0 Å². The number of benzene rings is 11. The lowest BCUT2D eigenvalue weighted by molar-refractivity contribution is 1.07. The van der Waals surface area contributed by atoms with Crippen LogP contribution in [-0.2, 0) is 0 Å². The number of hydrogen-bond donors (Lipinski definition) is 0. The number of fused-ring (bicyclic) bond motifs is 10. The average Bonchev–Trinajstić information content (AvgIpc) is 3.72. The Kier molecular flexibility index (Phi) is 8.50. The van der Waals surface area contributed by atoms with E-state index in [1.807, 2.05) is 60.7 Å². The third-order valence-corrected chi connectivity index (χ3v) is 13.0. The third kappa shape index (κ3) is 6.18. The summed E-state index contributed by atoms with van der Waals surface area (Å²) in [6.07, 6.45) is 0. The number of rotatable bonds is 6. The van der Waals surface area contributed by atoms with Gasteiger partial charge in [-0.25, -0.2) is 15.0 Å². The van der Waals surface area contributed by atoms with Gasteiger partial charge in [0.15, 0.2) is 17.5 Å². The van der Waals surface area contributed by atoms with Gasteiger partial charge in [-0.3, -0.25) is 0 Å². The Morgan fingerprint density at radius 1 is 0.262 bits per heavy atom. The van der Waals surface area contributed by atoms with Crippen LogP contribution in [0.15, 0.2) is 231 Å². The van der Waals surface area contributed by atoms with Gasteiger partial charge in [0, 0.05) is 33.2 Å². The van der Waals surface area contributed by atoms with Gasteiger partial charge in [-0.05, 0) is 108 Å². The highest BCUT2D eigenvalue weighted by atomic mass is 15.0. The zero-order valence-electron chi connectivity index (χ0n) is 35.2. The first-order valence-electron chi connectivity index (χ1n) is 22.1. The van der Waals surface area contributed by atoms with Crippen molar-refractivity contribution in [2.24, 2.45) is 0 Å². The van der Waals surface area contributed by atoms with E-state index in [1.165, 1.54) is 76.0 Å². The lowest BCUT2D eigenvalue weighted by Gasteiger charge is -2.16. The molecule has 0 unspecified atom stereocenters. The van der Waals surface area contributed by atoms with Crippen LogP contribution < -0.4 is 0 Å². The van der Waals surface area contributed by atoms with Crippen LogP contribution in [-0.4, -0.2) is 19.5 Å². The largest absolute Gasteiger partial charge is 0.309 e. The zero-order valence-corrected chi connectivity index (χ0v) is 35.2. The van der Waals surface area contributed by atoms with Crippen molar-refractivity contribution < 1.29 is 0 Å². The van der Waals surface area contributed by atoms with Crippen molar-refractivity contribution in [1.82, 2.24) is 19.5 Å². The highest BCUT2D eigenvalue weighted by molar-refractivity contribution is 6.29. The quantitative estimate of drug-likeness (QED) is 0.157. The maximum atomic E-state index is 5.04. The molecule has 65 heavy (non-hydrogen) atoms. The minimum Gasteiger partial charge on any atom is -0.309 e. The molecule has 11 aromatic carbocycles. The van der Waals surface area contributed by atoms with Crippen molar-refractivity contribution in [2.75, 3.05) is 0 Å². The van der Waals surface area contributed by atoms with Crippen LogP contribution in [0.3, 0.4) is 0 Å². The fourth-order valence-electron chi connectivity index (χ4n) is 9.93. The maximum absolute atomic E-state index is 5.04. The predicted octanol–water partition coefficient (Wildman–Crippen LogP) is 15.9. The van der Waals surface area contributed by atoms with Crippen LogP contribution in [0.25, 0.3) is 127 Å². The smallest absolute Gasteiger partial charge is 0.164 e. The molecular weight excluding hydrogens is 789 g/mol. The van der Waals surface area contributed by atoms with Gasteiger partial charge >= 0.3 is 0 Å². The van der Waals surface area contributed by atoms with Crippen LogP contribution in [0, 0.1) is 0 Å². The van der Waals surface area contributed by atoms with Gasteiger partial charge in [0.05, 0.1) is 11.0 Å². The second kappa shape index (κ2) is 15.0. The molecule has 2 heterocycles. The fourth-order valence-corrected chi connectivity index (χ4v) is 9.93. The predicted molar refractivity (Wildman–Crippen MR) is 271 cm³/mol. The topological polar surface area (TPSA) is 43.6 Å². The molecule has 4 heteroatoms.